The van der Waals surface area contributed by atoms with Gasteiger partial charge in [-0.25, -0.2) is 0 Å². The summed E-state index contributed by atoms with van der Waals surface area (Å²) in [4.78, 5) is 24.2. The van der Waals surface area contributed by atoms with Crippen LogP contribution in [0.5, 0.6) is 0 Å². The summed E-state index contributed by atoms with van der Waals surface area (Å²) in [5, 5.41) is 21.3. The fourth-order valence-electron chi connectivity index (χ4n) is 7.62. The van der Waals surface area contributed by atoms with Gasteiger partial charge in [0.15, 0.2) is 11.6 Å². The van der Waals surface area contributed by atoms with Crippen LogP contribution in [0.2, 0.25) is 0 Å². The number of ether oxygens (including phenoxy) is 2. The van der Waals surface area contributed by atoms with Crippen LogP contribution in [0, 0.1) is 22.7 Å². The van der Waals surface area contributed by atoms with Crippen molar-refractivity contribution in [3.05, 3.63) is 11.6 Å². The molecule has 0 aromatic carbocycles. The maximum absolute atomic E-state index is 13.0. The lowest BCUT2D eigenvalue weighted by Crippen LogP contribution is -2.69. The van der Waals surface area contributed by atoms with Gasteiger partial charge >= 0.3 is 0 Å². The van der Waals surface area contributed by atoms with E-state index in [2.05, 4.69) is 6.92 Å². The quantitative estimate of drug-likeness (QED) is 0.504. The number of alkyl halides is 1. The number of hydrogen-bond donors (Lipinski definition) is 2. The minimum Gasteiger partial charge on any atom is -0.391 e. The Kier molecular flexibility index (Phi) is 5.51. The van der Waals surface area contributed by atoms with Gasteiger partial charge in [-0.3, -0.25) is 9.59 Å². The molecule has 3 saturated carbocycles. The Morgan fingerprint density at radius 3 is 2.63 bits per heavy atom. The lowest BCUT2D eigenvalue weighted by Gasteiger charge is -2.65. The van der Waals surface area contributed by atoms with Gasteiger partial charge in [-0.05, 0) is 56.4 Å². The maximum atomic E-state index is 13.0. The van der Waals surface area contributed by atoms with Gasteiger partial charge in [0, 0.05) is 24.4 Å². The molecule has 4 rings (SSSR count). The van der Waals surface area contributed by atoms with E-state index in [4.69, 9.17) is 21.1 Å². The first kappa shape index (κ1) is 22.4. The molecule has 0 saturated heterocycles. The van der Waals surface area contributed by atoms with Crippen molar-refractivity contribution in [1.82, 2.24) is 0 Å². The average Bonchev–Trinajstić information content (AvgIpc) is 3.00. The number of ketones is 2. The molecule has 0 bridgehead atoms. The maximum Gasteiger partial charge on any atom is 0.190 e. The van der Waals surface area contributed by atoms with Gasteiger partial charge < -0.3 is 19.7 Å². The molecular formula is C23H33ClO6. The number of hydrogen-bond acceptors (Lipinski definition) is 6. The molecule has 0 spiro atoms. The number of aliphatic hydroxyl groups is 2. The third-order valence-electron chi connectivity index (χ3n) is 9.18. The van der Waals surface area contributed by atoms with Crippen molar-refractivity contribution < 1.29 is 29.3 Å². The Morgan fingerprint density at radius 2 is 1.97 bits per heavy atom. The zero-order valence-corrected chi connectivity index (χ0v) is 18.8. The van der Waals surface area contributed by atoms with Crippen LogP contribution in [0.3, 0.4) is 0 Å². The number of carbonyl (C=O) groups is 2. The number of aliphatic hydroxyl groups excluding tert-OH is 2. The fraction of sp³-hybridized carbons (Fsp3) is 0.826. The molecule has 4 aliphatic rings. The van der Waals surface area contributed by atoms with E-state index in [1.54, 1.807) is 6.08 Å². The zero-order chi connectivity index (χ0) is 21.9. The summed E-state index contributed by atoms with van der Waals surface area (Å²) in [6.45, 7) is 3.45. The molecule has 0 heterocycles. The third-order valence-corrected chi connectivity index (χ3v) is 10.1. The van der Waals surface area contributed by atoms with Crippen molar-refractivity contribution >= 4 is 23.2 Å². The number of halogens is 1. The predicted molar refractivity (Wildman–Crippen MR) is 111 cm³/mol. The summed E-state index contributed by atoms with van der Waals surface area (Å²) >= 11 is 7.43. The van der Waals surface area contributed by atoms with Gasteiger partial charge in [0.1, 0.15) is 19.0 Å². The van der Waals surface area contributed by atoms with Crippen LogP contribution in [0.25, 0.3) is 0 Å². The summed E-state index contributed by atoms with van der Waals surface area (Å²) in [5.41, 5.74) is -1.25. The number of allylic oxidation sites excluding steroid dienone is 1. The smallest absolute Gasteiger partial charge is 0.190 e. The molecule has 0 aliphatic heterocycles. The molecule has 7 atom stereocenters. The SMILES string of the molecule is COCO[C@]1(C(=O)CO)CC[C@H]2[C@@H]3CCC4=CC(=O)CC[C@]4(C)[C@@]3(Cl)[C@@H](O)C[C@@]21C. The number of rotatable bonds is 5. The third kappa shape index (κ3) is 2.64. The molecule has 0 radical (unpaired) electrons. The molecule has 30 heavy (non-hydrogen) atoms. The molecule has 2 N–H and O–H groups in total. The second kappa shape index (κ2) is 7.38. The van der Waals surface area contributed by atoms with E-state index in [0.717, 1.165) is 24.8 Å². The number of methoxy groups -OCH3 is 1. The average molecular weight is 441 g/mol. The lowest BCUT2D eigenvalue weighted by atomic mass is 9.45. The topological polar surface area (TPSA) is 93.1 Å². The highest BCUT2D eigenvalue weighted by atomic mass is 35.5. The van der Waals surface area contributed by atoms with Gasteiger partial charge in [-0.2, -0.15) is 0 Å². The summed E-state index contributed by atoms with van der Waals surface area (Å²) < 4.78 is 11.1. The van der Waals surface area contributed by atoms with Crippen molar-refractivity contribution in [2.45, 2.75) is 75.4 Å². The van der Waals surface area contributed by atoms with E-state index in [0.29, 0.717) is 25.7 Å². The van der Waals surface area contributed by atoms with Gasteiger partial charge in [0.05, 0.1) is 11.0 Å². The van der Waals surface area contributed by atoms with Gasteiger partial charge in [-0.15, -0.1) is 11.6 Å². The van der Waals surface area contributed by atoms with Crippen molar-refractivity contribution in [2.24, 2.45) is 22.7 Å². The molecule has 6 nitrogen and oxygen atoms in total. The van der Waals surface area contributed by atoms with Gasteiger partial charge in [0.25, 0.3) is 0 Å². The highest BCUT2D eigenvalue weighted by Crippen LogP contribution is 2.71. The number of fused-ring (bicyclic) bond motifs is 5. The van der Waals surface area contributed by atoms with Crippen molar-refractivity contribution in [3.63, 3.8) is 0 Å². The van der Waals surface area contributed by atoms with E-state index < -0.39 is 34.0 Å². The zero-order valence-electron chi connectivity index (χ0n) is 18.1. The van der Waals surface area contributed by atoms with E-state index in [-0.39, 0.29) is 30.2 Å². The highest BCUT2D eigenvalue weighted by Gasteiger charge is 2.73. The van der Waals surface area contributed by atoms with Crippen LogP contribution in [-0.4, -0.2) is 58.9 Å². The second-order valence-electron chi connectivity index (χ2n) is 10.1. The first-order chi connectivity index (χ1) is 14.1. The summed E-state index contributed by atoms with van der Waals surface area (Å²) in [6.07, 6.45) is 5.05. The lowest BCUT2D eigenvalue weighted by molar-refractivity contribution is -0.212. The summed E-state index contributed by atoms with van der Waals surface area (Å²) in [6, 6.07) is 0. The highest BCUT2D eigenvalue weighted by molar-refractivity contribution is 6.26. The second-order valence-corrected chi connectivity index (χ2v) is 10.7. The van der Waals surface area contributed by atoms with Crippen LogP contribution in [0.4, 0.5) is 0 Å². The summed E-state index contributed by atoms with van der Waals surface area (Å²) in [5.74, 6) is -0.160. The Balaban J connectivity index is 1.78. The van der Waals surface area contributed by atoms with Crippen molar-refractivity contribution in [2.75, 3.05) is 20.5 Å². The molecule has 0 amide bonds. The van der Waals surface area contributed by atoms with Crippen molar-refractivity contribution in [1.29, 1.82) is 0 Å². The normalized spacial score (nSPS) is 47.9. The monoisotopic (exact) mass is 440 g/mol. The Bertz CT molecular complexity index is 782. The van der Waals surface area contributed by atoms with Crippen LogP contribution < -0.4 is 0 Å². The predicted octanol–water partition coefficient (Wildman–Crippen LogP) is 2.77. The van der Waals surface area contributed by atoms with E-state index >= 15 is 0 Å². The van der Waals surface area contributed by atoms with Crippen LogP contribution >= 0.6 is 11.6 Å². The molecule has 4 aliphatic carbocycles. The molecule has 0 unspecified atom stereocenters. The number of Topliss-reactive ketones (excluding diaryl/α,β-unsaturated/α-hetero) is 1. The molecule has 0 aromatic heterocycles. The van der Waals surface area contributed by atoms with Crippen LogP contribution in [0.15, 0.2) is 11.6 Å². The standard InChI is InChI=1S/C23H33ClO6/c1-20-8-6-15(26)10-14(20)4-5-17-16-7-9-22(19(28)12-25,30-13-29-3)21(16,2)11-18(27)23(17,20)24/h10,16-18,25,27H,4-9,11-13H2,1-3H3/t16-,17-,18-,20-,21-,22-,23-/m0/s1. The van der Waals surface area contributed by atoms with E-state index in [1.807, 2.05) is 6.92 Å². The fourth-order valence-corrected chi connectivity index (χ4v) is 8.18. The first-order valence-corrected chi connectivity index (χ1v) is 11.4. The Morgan fingerprint density at radius 1 is 1.23 bits per heavy atom. The Labute approximate surface area is 182 Å². The molecule has 0 aromatic rings. The molecular weight excluding hydrogens is 408 g/mol. The van der Waals surface area contributed by atoms with E-state index in [9.17, 15) is 19.8 Å². The van der Waals surface area contributed by atoms with Gasteiger partial charge in [0.2, 0.25) is 0 Å². The van der Waals surface area contributed by atoms with E-state index in [1.165, 1.54) is 7.11 Å². The molecule has 3 fully saturated rings. The first-order valence-electron chi connectivity index (χ1n) is 11.0. The molecule has 168 valence electrons. The van der Waals surface area contributed by atoms with Crippen LogP contribution in [-0.2, 0) is 19.1 Å². The van der Waals surface area contributed by atoms with Crippen LogP contribution in [0.1, 0.15) is 58.8 Å². The minimum absolute atomic E-state index is 0.0113. The largest absolute Gasteiger partial charge is 0.391 e. The Hall–Kier alpha value is -0.790. The van der Waals surface area contributed by atoms with Crippen molar-refractivity contribution in [3.8, 4) is 0 Å². The van der Waals surface area contributed by atoms with Gasteiger partial charge in [-0.1, -0.05) is 19.4 Å². The summed E-state index contributed by atoms with van der Waals surface area (Å²) in [7, 11) is 1.51. The number of carbonyl (C=O) groups excluding carboxylic acids is 2. The minimum atomic E-state index is -1.19. The molecule has 7 heteroatoms.